The van der Waals surface area contributed by atoms with E-state index in [2.05, 4.69) is 26.1 Å². The van der Waals surface area contributed by atoms with E-state index < -0.39 is 0 Å². The van der Waals surface area contributed by atoms with Crippen LogP contribution in [0.5, 0.6) is 0 Å². The maximum atomic E-state index is 8.07. The van der Waals surface area contributed by atoms with Crippen molar-refractivity contribution in [1.29, 1.82) is 0 Å². The Kier molecular flexibility index (Phi) is 59.3. The molecule has 0 aliphatic rings. The molecule has 0 atom stereocenters. The Hall–Kier alpha value is 1.21. The van der Waals surface area contributed by atoms with Crippen LogP contribution in [0.3, 0.4) is 0 Å². The van der Waals surface area contributed by atoms with Crippen molar-refractivity contribution in [1.82, 2.24) is 0 Å². The molecule has 0 heterocycles. The zero-order valence-corrected chi connectivity index (χ0v) is 20.2. The second kappa shape index (κ2) is 40.0. The molecule has 0 aromatic carbocycles. The fourth-order valence-electron chi connectivity index (χ4n) is 2.28. The molecule has 0 aliphatic carbocycles. The number of unbranched alkanes of at least 4 members (excludes halogenated alkanes) is 11. The first-order valence-electron chi connectivity index (χ1n) is 10.1. The molecular formula is C20H44Cl2NOTi. The van der Waals surface area contributed by atoms with Gasteiger partial charge < -0.3 is 35.2 Å². The summed E-state index contributed by atoms with van der Waals surface area (Å²) >= 11 is 0. The summed E-state index contributed by atoms with van der Waals surface area (Å²) in [6.45, 7) is 9.17. The Morgan fingerprint density at radius 1 is 0.520 bits per heavy atom. The van der Waals surface area contributed by atoms with Crippen LogP contribution >= 0.6 is 0 Å². The predicted octanol–water partition coefficient (Wildman–Crippen LogP) is 0.865. The topological polar surface area (TPSA) is 34.3 Å². The molecule has 0 unspecified atom stereocenters. The number of nitrogens with zero attached hydrogens (tertiary/aromatic N) is 1. The zero-order chi connectivity index (χ0) is 16.7. The molecule has 0 fully saturated rings. The quantitative estimate of drug-likeness (QED) is 0.285. The maximum absolute atomic E-state index is 8.07. The summed E-state index contributed by atoms with van der Waals surface area (Å²) in [6, 6.07) is 0. The summed E-state index contributed by atoms with van der Waals surface area (Å²) in [7, 11) is 0. The Morgan fingerprint density at radius 2 is 0.840 bits per heavy atom. The van der Waals surface area contributed by atoms with Crippen LogP contribution in [0.2, 0.25) is 0 Å². The van der Waals surface area contributed by atoms with Gasteiger partial charge in [-0.15, -0.1) is 13.1 Å². The van der Waals surface area contributed by atoms with Crippen molar-refractivity contribution in [2.24, 2.45) is 0 Å². The minimum absolute atomic E-state index is 0. The van der Waals surface area contributed by atoms with Crippen LogP contribution in [-0.4, -0.2) is 24.8 Å². The molecule has 153 valence electrons. The van der Waals surface area contributed by atoms with Crippen molar-refractivity contribution >= 4 is 0 Å². The van der Waals surface area contributed by atoms with E-state index in [1.54, 1.807) is 0 Å². The number of hydrogen-bond acceptors (Lipinski definition) is 1. The van der Waals surface area contributed by atoms with Crippen LogP contribution in [0.4, 0.5) is 0 Å². The average molecular weight is 433 g/mol. The number of aliphatic hydroxyl groups excluding tert-OH is 1. The first kappa shape index (κ1) is 37.0. The van der Waals surface area contributed by atoms with Crippen molar-refractivity contribution in [3.05, 3.63) is 5.32 Å². The van der Waals surface area contributed by atoms with Crippen molar-refractivity contribution in [2.75, 3.05) is 19.7 Å². The molecule has 0 aromatic rings. The summed E-state index contributed by atoms with van der Waals surface area (Å²) in [5, 5.41) is 12.7. The first-order chi connectivity index (χ1) is 10.8. The minimum atomic E-state index is 0. The van der Waals surface area contributed by atoms with Gasteiger partial charge in [-0.3, -0.25) is 0 Å². The monoisotopic (exact) mass is 432 g/mol. The van der Waals surface area contributed by atoms with Crippen LogP contribution in [0, 0.1) is 0 Å². The van der Waals surface area contributed by atoms with Crippen molar-refractivity contribution in [3.8, 4) is 0 Å². The van der Waals surface area contributed by atoms with E-state index in [1.165, 1.54) is 77.0 Å². The summed E-state index contributed by atoms with van der Waals surface area (Å²) in [5.41, 5.74) is 0. The van der Waals surface area contributed by atoms with Gasteiger partial charge in [0.2, 0.25) is 0 Å². The molecule has 0 spiro atoms. The van der Waals surface area contributed by atoms with Gasteiger partial charge in [0.25, 0.3) is 0 Å². The number of aliphatic hydroxyl groups is 1. The van der Waals surface area contributed by atoms with E-state index in [4.69, 9.17) is 5.11 Å². The molecule has 0 aromatic heterocycles. The van der Waals surface area contributed by atoms with Crippen LogP contribution in [0.15, 0.2) is 0 Å². The average Bonchev–Trinajstić information content (AvgIpc) is 2.53. The third kappa shape index (κ3) is 45.9. The Morgan fingerprint density at radius 3 is 1.12 bits per heavy atom. The third-order valence-electron chi connectivity index (χ3n) is 3.85. The van der Waals surface area contributed by atoms with Gasteiger partial charge in [-0.2, -0.15) is 0 Å². The molecule has 2 nitrogen and oxygen atoms in total. The normalized spacial score (nSPS) is 9.12. The zero-order valence-electron chi connectivity index (χ0n) is 17.2. The molecule has 5 heteroatoms. The van der Waals surface area contributed by atoms with Gasteiger partial charge in [0.05, 0.1) is 0 Å². The van der Waals surface area contributed by atoms with E-state index in [0.29, 0.717) is 6.61 Å². The second-order valence-electron chi connectivity index (χ2n) is 6.28. The SMILES string of the molecule is CCCCCCCC[N-]CCCCCCCC.CCCCO.[Cl-].[Cl-].[Ti+3]. The fraction of sp³-hybridized carbons (Fsp3) is 1.00. The summed E-state index contributed by atoms with van der Waals surface area (Å²) < 4.78 is 0. The van der Waals surface area contributed by atoms with Gasteiger partial charge in [0.1, 0.15) is 0 Å². The van der Waals surface area contributed by atoms with Crippen LogP contribution in [0.25, 0.3) is 5.32 Å². The van der Waals surface area contributed by atoms with Gasteiger partial charge in [0.15, 0.2) is 0 Å². The maximum Gasteiger partial charge on any atom is 3.00 e. The van der Waals surface area contributed by atoms with Crippen molar-refractivity contribution in [2.45, 2.75) is 111 Å². The van der Waals surface area contributed by atoms with Crippen LogP contribution in [-0.2, 0) is 21.7 Å². The smallest absolute Gasteiger partial charge is 1.00 e. The van der Waals surface area contributed by atoms with Crippen LogP contribution < -0.4 is 24.8 Å². The number of rotatable bonds is 16. The third-order valence-corrected chi connectivity index (χ3v) is 3.85. The van der Waals surface area contributed by atoms with Gasteiger partial charge >= 0.3 is 21.7 Å². The van der Waals surface area contributed by atoms with E-state index >= 15 is 0 Å². The van der Waals surface area contributed by atoms with E-state index in [-0.39, 0.29) is 46.5 Å². The second-order valence-corrected chi connectivity index (χ2v) is 6.28. The van der Waals surface area contributed by atoms with Gasteiger partial charge in [-0.1, -0.05) is 104 Å². The molecule has 1 radical (unpaired) electrons. The largest absolute Gasteiger partial charge is 3.00 e. The van der Waals surface area contributed by atoms with Crippen LogP contribution in [0.1, 0.15) is 111 Å². The standard InChI is InChI=1S/C16H34N.C4H10O.2ClH.Ti/c1-3-5-7-9-11-13-15-17-16-14-12-10-8-6-4-2;1-2-3-4-5;;;/h3-16H2,1-2H3;5H,2-4H2,1H3;2*1H;/q-1;;;;+3/p-2. The van der Waals surface area contributed by atoms with E-state index in [0.717, 1.165) is 25.9 Å². The van der Waals surface area contributed by atoms with Gasteiger partial charge in [0, 0.05) is 6.61 Å². The fourth-order valence-corrected chi connectivity index (χ4v) is 2.28. The molecule has 0 saturated heterocycles. The van der Waals surface area contributed by atoms with Crippen molar-refractivity contribution < 1.29 is 51.6 Å². The molecule has 25 heavy (non-hydrogen) atoms. The molecule has 0 amide bonds. The van der Waals surface area contributed by atoms with Gasteiger partial charge in [-0.05, 0) is 6.42 Å². The molecule has 1 N–H and O–H groups in total. The Bertz CT molecular complexity index is 162. The minimum Gasteiger partial charge on any atom is -1.00 e. The molecular weight excluding hydrogens is 389 g/mol. The number of halogens is 2. The number of hydrogen-bond donors (Lipinski definition) is 1. The predicted molar refractivity (Wildman–Crippen MR) is 102 cm³/mol. The Balaban J connectivity index is -0.000000147. The first-order valence-corrected chi connectivity index (χ1v) is 10.1. The van der Waals surface area contributed by atoms with Gasteiger partial charge in [-0.25, -0.2) is 0 Å². The van der Waals surface area contributed by atoms with Crippen molar-refractivity contribution in [3.63, 3.8) is 0 Å². The Labute approximate surface area is 186 Å². The molecule has 0 saturated carbocycles. The molecule has 0 aliphatic heterocycles. The van der Waals surface area contributed by atoms with E-state index in [9.17, 15) is 0 Å². The summed E-state index contributed by atoms with van der Waals surface area (Å²) in [6.07, 6.45) is 18.7. The summed E-state index contributed by atoms with van der Waals surface area (Å²) in [5.74, 6) is 0. The summed E-state index contributed by atoms with van der Waals surface area (Å²) in [4.78, 5) is 0. The molecule has 0 rings (SSSR count). The molecule has 0 bridgehead atoms. The van der Waals surface area contributed by atoms with E-state index in [1.807, 2.05) is 0 Å².